The van der Waals surface area contributed by atoms with E-state index in [2.05, 4.69) is 48.8 Å². The van der Waals surface area contributed by atoms with Gasteiger partial charge in [0.25, 0.3) is 0 Å². The van der Waals surface area contributed by atoms with Gasteiger partial charge in [-0.3, -0.25) is 0 Å². The van der Waals surface area contributed by atoms with Crippen molar-refractivity contribution in [3.05, 3.63) is 90.5 Å². The lowest BCUT2D eigenvalue weighted by molar-refractivity contribution is 0.275. The van der Waals surface area contributed by atoms with E-state index in [0.29, 0.717) is 0 Å². The molecule has 3 aromatic rings. The van der Waals surface area contributed by atoms with Crippen LogP contribution < -0.4 is 15.5 Å². The summed E-state index contributed by atoms with van der Waals surface area (Å²) in [6.45, 7) is 6.44. The van der Waals surface area contributed by atoms with E-state index in [9.17, 15) is 4.57 Å². The van der Waals surface area contributed by atoms with Crippen molar-refractivity contribution in [3.63, 3.8) is 0 Å². The van der Waals surface area contributed by atoms with Crippen LogP contribution in [-0.2, 0) is 8.99 Å². The molecule has 0 fully saturated rings. The second-order valence-corrected chi connectivity index (χ2v) is 15.7. The van der Waals surface area contributed by atoms with Crippen LogP contribution in [0.1, 0.15) is 11.4 Å². The standard InChI is InChI=1S/C24H30NO2PSi/c1-25(2)21-18-16-20(17-19-21)24(27-29(3,4)5)28(26,22-12-8-6-9-13-22)23-14-10-7-11-15-23/h6-19,24H,1-5H3. The second kappa shape index (κ2) is 8.70. The highest BCUT2D eigenvalue weighted by Crippen LogP contribution is 2.58. The smallest absolute Gasteiger partial charge is 0.185 e. The van der Waals surface area contributed by atoms with Crippen molar-refractivity contribution in [2.45, 2.75) is 25.5 Å². The molecule has 0 amide bonds. The molecule has 0 aliphatic carbocycles. The zero-order valence-corrected chi connectivity index (χ0v) is 19.8. The van der Waals surface area contributed by atoms with Gasteiger partial charge in [0.15, 0.2) is 15.5 Å². The van der Waals surface area contributed by atoms with Crippen molar-refractivity contribution in [2.24, 2.45) is 0 Å². The summed E-state index contributed by atoms with van der Waals surface area (Å²) in [6.07, 6.45) is 0. The molecule has 0 aliphatic rings. The maximum atomic E-state index is 14.9. The summed E-state index contributed by atoms with van der Waals surface area (Å²) in [5, 5.41) is 1.65. The second-order valence-electron chi connectivity index (χ2n) is 8.40. The van der Waals surface area contributed by atoms with E-state index < -0.39 is 21.3 Å². The molecule has 0 N–H and O–H groups in total. The van der Waals surface area contributed by atoms with Crippen molar-refractivity contribution in [2.75, 3.05) is 19.0 Å². The molecule has 0 radical (unpaired) electrons. The van der Waals surface area contributed by atoms with Crippen LogP contribution in [0.15, 0.2) is 84.9 Å². The third-order valence-corrected chi connectivity index (χ3v) is 9.11. The first kappa shape index (κ1) is 21.6. The molecule has 1 atom stereocenters. The minimum Gasteiger partial charge on any atom is -0.403 e. The first-order valence-corrected chi connectivity index (χ1v) is 15.1. The van der Waals surface area contributed by atoms with Crippen LogP contribution in [-0.4, -0.2) is 22.4 Å². The van der Waals surface area contributed by atoms with Crippen molar-refractivity contribution < 1.29 is 8.99 Å². The Kier molecular flexibility index (Phi) is 6.48. The lowest BCUT2D eigenvalue weighted by Crippen LogP contribution is -2.32. The van der Waals surface area contributed by atoms with Crippen LogP contribution in [0, 0.1) is 0 Å². The highest BCUT2D eigenvalue weighted by atomic mass is 31.2. The zero-order valence-electron chi connectivity index (χ0n) is 17.9. The van der Waals surface area contributed by atoms with Crippen molar-refractivity contribution in [1.82, 2.24) is 0 Å². The fourth-order valence-corrected chi connectivity index (χ4v) is 8.35. The van der Waals surface area contributed by atoms with E-state index in [-0.39, 0.29) is 0 Å². The number of nitrogens with zero attached hydrogens (tertiary/aromatic N) is 1. The van der Waals surface area contributed by atoms with E-state index in [1.54, 1.807) is 0 Å². The first-order valence-electron chi connectivity index (χ1n) is 9.88. The highest BCUT2D eigenvalue weighted by molar-refractivity contribution is 7.78. The van der Waals surface area contributed by atoms with Gasteiger partial charge in [0.2, 0.25) is 0 Å². The molecule has 152 valence electrons. The molecule has 0 saturated heterocycles. The molecule has 0 aromatic heterocycles. The highest BCUT2D eigenvalue weighted by Gasteiger charge is 2.41. The molecular weight excluding hydrogens is 393 g/mol. The number of anilines is 1. The van der Waals surface area contributed by atoms with Gasteiger partial charge >= 0.3 is 0 Å². The maximum absolute atomic E-state index is 14.9. The Morgan fingerprint density at radius 3 is 1.59 bits per heavy atom. The van der Waals surface area contributed by atoms with E-state index in [1.807, 2.05) is 74.8 Å². The molecule has 0 spiro atoms. The van der Waals surface area contributed by atoms with Crippen molar-refractivity contribution in [3.8, 4) is 0 Å². The van der Waals surface area contributed by atoms with E-state index in [1.165, 1.54) is 0 Å². The summed E-state index contributed by atoms with van der Waals surface area (Å²) < 4.78 is 21.6. The minimum absolute atomic E-state index is 0.518. The normalized spacial score (nSPS) is 13.1. The van der Waals surface area contributed by atoms with Crippen LogP contribution in [0.5, 0.6) is 0 Å². The van der Waals surface area contributed by atoms with Gasteiger partial charge in [-0.25, -0.2) is 0 Å². The van der Waals surface area contributed by atoms with Gasteiger partial charge in [-0.2, -0.15) is 0 Å². The third-order valence-electron chi connectivity index (χ3n) is 4.77. The Hall–Kier alpha value is -2.13. The number of rotatable bonds is 7. The predicted octanol–water partition coefficient (Wildman–Crippen LogP) is 5.62. The molecule has 3 aromatic carbocycles. The van der Waals surface area contributed by atoms with Gasteiger partial charge in [0.1, 0.15) is 5.85 Å². The summed E-state index contributed by atoms with van der Waals surface area (Å²) in [6, 6.07) is 27.8. The number of hydrogen-bond donors (Lipinski definition) is 0. The summed E-state index contributed by atoms with van der Waals surface area (Å²) in [4.78, 5) is 2.06. The molecule has 29 heavy (non-hydrogen) atoms. The Balaban J connectivity index is 2.22. The van der Waals surface area contributed by atoms with Crippen LogP contribution in [0.25, 0.3) is 0 Å². The summed E-state index contributed by atoms with van der Waals surface area (Å²) >= 11 is 0. The number of benzene rings is 3. The van der Waals surface area contributed by atoms with Gasteiger partial charge in [-0.15, -0.1) is 0 Å². The molecule has 0 bridgehead atoms. The molecule has 0 heterocycles. The fourth-order valence-electron chi connectivity index (χ4n) is 3.34. The van der Waals surface area contributed by atoms with Crippen LogP contribution in [0.3, 0.4) is 0 Å². The quantitative estimate of drug-likeness (QED) is 0.365. The molecule has 3 rings (SSSR count). The van der Waals surface area contributed by atoms with Gasteiger partial charge in [0, 0.05) is 30.4 Å². The Bertz CT molecular complexity index is 924. The lowest BCUT2D eigenvalue weighted by Gasteiger charge is -2.34. The molecule has 1 unspecified atom stereocenters. The van der Waals surface area contributed by atoms with Crippen molar-refractivity contribution >= 4 is 31.8 Å². The Labute approximate surface area is 175 Å². The fraction of sp³-hybridized carbons (Fsp3) is 0.250. The van der Waals surface area contributed by atoms with E-state index in [4.69, 9.17) is 4.43 Å². The van der Waals surface area contributed by atoms with Gasteiger partial charge in [-0.05, 0) is 37.3 Å². The Morgan fingerprint density at radius 2 is 1.21 bits per heavy atom. The third kappa shape index (κ3) is 4.89. The van der Waals surface area contributed by atoms with Crippen molar-refractivity contribution in [1.29, 1.82) is 0 Å². The Morgan fingerprint density at radius 1 is 0.759 bits per heavy atom. The monoisotopic (exact) mass is 423 g/mol. The zero-order chi connectivity index (χ0) is 21.1. The molecule has 0 aliphatic heterocycles. The van der Waals surface area contributed by atoms with Gasteiger partial charge in [0.05, 0.1) is 0 Å². The predicted molar refractivity (Wildman–Crippen MR) is 128 cm³/mol. The van der Waals surface area contributed by atoms with E-state index >= 15 is 0 Å². The van der Waals surface area contributed by atoms with Gasteiger partial charge in [-0.1, -0.05) is 72.8 Å². The summed E-state index contributed by atoms with van der Waals surface area (Å²) in [5.74, 6) is -0.518. The SMILES string of the molecule is CN(C)c1ccc(C(O[Si](C)(C)C)P(=O)(c2ccccc2)c2ccccc2)cc1. The summed E-state index contributed by atoms with van der Waals surface area (Å²) in [7, 11) is -1.05. The molecule has 5 heteroatoms. The summed E-state index contributed by atoms with van der Waals surface area (Å²) in [5.41, 5.74) is 2.06. The molecule has 0 saturated carbocycles. The molecule has 3 nitrogen and oxygen atoms in total. The number of hydrogen-bond acceptors (Lipinski definition) is 3. The topological polar surface area (TPSA) is 29.5 Å². The van der Waals surface area contributed by atoms with Gasteiger partial charge < -0.3 is 13.9 Å². The van der Waals surface area contributed by atoms with Crippen LogP contribution in [0.2, 0.25) is 19.6 Å². The lowest BCUT2D eigenvalue weighted by atomic mass is 10.2. The van der Waals surface area contributed by atoms with Crippen LogP contribution in [0.4, 0.5) is 5.69 Å². The molecular formula is C24H30NO2PSi. The van der Waals surface area contributed by atoms with E-state index in [0.717, 1.165) is 21.9 Å². The largest absolute Gasteiger partial charge is 0.403 e. The average molecular weight is 424 g/mol. The first-order chi connectivity index (χ1) is 13.7. The maximum Gasteiger partial charge on any atom is 0.185 e. The average Bonchev–Trinajstić information content (AvgIpc) is 2.72. The van der Waals surface area contributed by atoms with Crippen LogP contribution >= 0.6 is 7.14 Å². The minimum atomic E-state index is -3.09.